The van der Waals surface area contributed by atoms with Gasteiger partial charge in [0.15, 0.2) is 0 Å². The van der Waals surface area contributed by atoms with Crippen LogP contribution in [-0.4, -0.2) is 31.2 Å². The first-order chi connectivity index (χ1) is 9.20. The van der Waals surface area contributed by atoms with Crippen molar-refractivity contribution >= 4 is 28.6 Å². The molecule has 19 heavy (non-hydrogen) atoms. The summed E-state index contributed by atoms with van der Waals surface area (Å²) in [5.74, 6) is -0.0993. The van der Waals surface area contributed by atoms with Crippen LogP contribution in [0.5, 0.6) is 0 Å². The highest BCUT2D eigenvalue weighted by Gasteiger charge is 2.06. The van der Waals surface area contributed by atoms with Crippen LogP contribution in [0.2, 0.25) is 0 Å². The van der Waals surface area contributed by atoms with E-state index in [4.69, 9.17) is 5.11 Å². The van der Waals surface area contributed by atoms with E-state index in [2.05, 4.69) is 5.32 Å². The van der Waals surface area contributed by atoms with Crippen molar-refractivity contribution in [3.05, 3.63) is 46.7 Å². The van der Waals surface area contributed by atoms with Crippen LogP contribution in [0.4, 0.5) is 11.4 Å². The van der Waals surface area contributed by atoms with E-state index >= 15 is 0 Å². The Morgan fingerprint density at radius 2 is 2.05 bits per heavy atom. The number of anilines is 2. The predicted molar refractivity (Wildman–Crippen MR) is 79.1 cm³/mol. The fourth-order valence-electron chi connectivity index (χ4n) is 1.68. The zero-order valence-electron chi connectivity index (χ0n) is 10.7. The number of nitrogens with zero attached hydrogens (tertiary/aromatic N) is 1. The number of likely N-dealkylation sites (N-methyl/N-ethyl adjacent to an activating group) is 1. The molecular weight excluding hydrogens is 260 g/mol. The van der Waals surface area contributed by atoms with Gasteiger partial charge in [-0.1, -0.05) is 0 Å². The molecule has 0 atom stereocenters. The highest BCUT2D eigenvalue weighted by atomic mass is 32.1. The largest absolute Gasteiger partial charge is 0.395 e. The fraction of sp³-hybridized carbons (Fsp3) is 0.214. The summed E-state index contributed by atoms with van der Waals surface area (Å²) in [5.41, 5.74) is 2.44. The van der Waals surface area contributed by atoms with E-state index in [1.54, 1.807) is 6.07 Å². The van der Waals surface area contributed by atoms with Crippen LogP contribution < -0.4 is 10.2 Å². The first-order valence-corrected chi connectivity index (χ1v) is 6.90. The molecule has 100 valence electrons. The number of hydrogen-bond donors (Lipinski definition) is 2. The zero-order valence-corrected chi connectivity index (χ0v) is 11.5. The second kappa shape index (κ2) is 6.36. The van der Waals surface area contributed by atoms with Crippen molar-refractivity contribution in [2.24, 2.45) is 0 Å². The van der Waals surface area contributed by atoms with Gasteiger partial charge in [-0.25, -0.2) is 0 Å². The van der Waals surface area contributed by atoms with Gasteiger partial charge in [-0.15, -0.1) is 0 Å². The Labute approximate surface area is 116 Å². The average molecular weight is 276 g/mol. The molecule has 4 nitrogen and oxygen atoms in total. The van der Waals surface area contributed by atoms with E-state index in [9.17, 15) is 4.79 Å². The van der Waals surface area contributed by atoms with Crippen molar-refractivity contribution in [1.29, 1.82) is 0 Å². The minimum atomic E-state index is -0.0993. The number of carbonyl (C=O) groups is 1. The minimum absolute atomic E-state index is 0.0993. The standard InChI is InChI=1S/C14H16N2O2S/c1-16(7-8-17)13-4-2-12(3-5-13)15-14(18)11-6-9-19-10-11/h2-6,9-10,17H,7-8H2,1H3,(H,15,18). The van der Waals surface area contributed by atoms with Crippen molar-refractivity contribution in [1.82, 2.24) is 0 Å². The summed E-state index contributed by atoms with van der Waals surface area (Å²) < 4.78 is 0. The lowest BCUT2D eigenvalue weighted by molar-refractivity contribution is 0.102. The molecule has 0 aliphatic rings. The van der Waals surface area contributed by atoms with Gasteiger partial charge in [-0.3, -0.25) is 4.79 Å². The lowest BCUT2D eigenvalue weighted by Crippen LogP contribution is -2.21. The topological polar surface area (TPSA) is 52.6 Å². The molecule has 0 spiro atoms. The van der Waals surface area contributed by atoms with Crippen LogP contribution in [-0.2, 0) is 0 Å². The van der Waals surface area contributed by atoms with Crippen LogP contribution in [0, 0.1) is 0 Å². The first kappa shape index (κ1) is 13.6. The van der Waals surface area contributed by atoms with Crippen molar-refractivity contribution in [2.75, 3.05) is 30.4 Å². The molecule has 2 N–H and O–H groups in total. The molecule has 0 aliphatic heterocycles. The SMILES string of the molecule is CN(CCO)c1ccc(NC(=O)c2ccsc2)cc1. The average Bonchev–Trinajstić information content (AvgIpc) is 2.94. The summed E-state index contributed by atoms with van der Waals surface area (Å²) in [4.78, 5) is 13.8. The zero-order chi connectivity index (χ0) is 13.7. The van der Waals surface area contributed by atoms with Gasteiger partial charge in [0, 0.05) is 30.3 Å². The second-order valence-electron chi connectivity index (χ2n) is 4.16. The number of thiophene rings is 1. The van der Waals surface area contributed by atoms with Crippen LogP contribution >= 0.6 is 11.3 Å². The van der Waals surface area contributed by atoms with Crippen molar-refractivity contribution < 1.29 is 9.90 Å². The molecule has 5 heteroatoms. The summed E-state index contributed by atoms with van der Waals surface area (Å²) >= 11 is 1.50. The lowest BCUT2D eigenvalue weighted by atomic mass is 10.2. The number of nitrogens with one attached hydrogen (secondary N) is 1. The maximum absolute atomic E-state index is 11.8. The van der Waals surface area contributed by atoms with Crippen LogP contribution in [0.1, 0.15) is 10.4 Å². The maximum Gasteiger partial charge on any atom is 0.256 e. The highest BCUT2D eigenvalue weighted by Crippen LogP contribution is 2.17. The molecule has 0 unspecified atom stereocenters. The van der Waals surface area contributed by atoms with Gasteiger partial charge in [-0.05, 0) is 35.7 Å². The van der Waals surface area contributed by atoms with E-state index in [-0.39, 0.29) is 12.5 Å². The van der Waals surface area contributed by atoms with E-state index in [1.807, 2.05) is 47.0 Å². The number of hydrogen-bond acceptors (Lipinski definition) is 4. The summed E-state index contributed by atoms with van der Waals surface area (Å²) in [7, 11) is 1.91. The third-order valence-corrected chi connectivity index (χ3v) is 3.47. The molecule has 2 aromatic rings. The first-order valence-electron chi connectivity index (χ1n) is 5.96. The van der Waals surface area contributed by atoms with E-state index in [0.29, 0.717) is 12.1 Å². The summed E-state index contributed by atoms with van der Waals surface area (Å²) in [5, 5.41) is 15.4. The molecule has 0 fully saturated rings. The van der Waals surface area contributed by atoms with E-state index < -0.39 is 0 Å². The van der Waals surface area contributed by atoms with E-state index in [0.717, 1.165) is 11.4 Å². The predicted octanol–water partition coefficient (Wildman–Crippen LogP) is 2.43. The number of aliphatic hydroxyl groups excluding tert-OH is 1. The molecule has 2 rings (SSSR count). The van der Waals surface area contributed by atoms with Gasteiger partial charge in [0.1, 0.15) is 0 Å². The number of amides is 1. The number of carbonyl (C=O) groups excluding carboxylic acids is 1. The molecule has 1 heterocycles. The highest BCUT2D eigenvalue weighted by molar-refractivity contribution is 7.08. The van der Waals surface area contributed by atoms with Gasteiger partial charge >= 0.3 is 0 Å². The quantitative estimate of drug-likeness (QED) is 0.882. The normalized spacial score (nSPS) is 10.2. The minimum Gasteiger partial charge on any atom is -0.395 e. The van der Waals surface area contributed by atoms with Crippen LogP contribution in [0.3, 0.4) is 0 Å². The third kappa shape index (κ3) is 3.56. The Bertz CT molecular complexity index is 523. The summed E-state index contributed by atoms with van der Waals surface area (Å²) in [6.07, 6.45) is 0. The molecule has 0 bridgehead atoms. The van der Waals surface area contributed by atoms with E-state index in [1.165, 1.54) is 11.3 Å². The molecule has 0 aliphatic carbocycles. The van der Waals surface area contributed by atoms with Crippen molar-refractivity contribution in [3.63, 3.8) is 0 Å². The molecule has 0 radical (unpaired) electrons. The molecule has 1 amide bonds. The Hall–Kier alpha value is -1.85. The molecule has 1 aromatic heterocycles. The second-order valence-corrected chi connectivity index (χ2v) is 4.94. The van der Waals surface area contributed by atoms with Gasteiger partial charge in [0.05, 0.1) is 12.2 Å². The van der Waals surface area contributed by atoms with Gasteiger partial charge < -0.3 is 15.3 Å². The Kier molecular flexibility index (Phi) is 4.54. The lowest BCUT2D eigenvalue weighted by Gasteiger charge is -2.18. The molecule has 0 saturated heterocycles. The molecule has 0 saturated carbocycles. The third-order valence-electron chi connectivity index (χ3n) is 2.78. The van der Waals surface area contributed by atoms with Crippen LogP contribution in [0.25, 0.3) is 0 Å². The van der Waals surface area contributed by atoms with Gasteiger partial charge in [0.2, 0.25) is 0 Å². The summed E-state index contributed by atoms with van der Waals surface area (Å²) in [6.45, 7) is 0.702. The number of benzene rings is 1. The van der Waals surface area contributed by atoms with Crippen LogP contribution in [0.15, 0.2) is 41.1 Å². The van der Waals surface area contributed by atoms with Gasteiger partial charge in [-0.2, -0.15) is 11.3 Å². The molecular formula is C14H16N2O2S. The smallest absolute Gasteiger partial charge is 0.256 e. The Morgan fingerprint density at radius 3 is 2.63 bits per heavy atom. The van der Waals surface area contributed by atoms with Crippen molar-refractivity contribution in [3.8, 4) is 0 Å². The Morgan fingerprint density at radius 1 is 1.32 bits per heavy atom. The monoisotopic (exact) mass is 276 g/mol. The maximum atomic E-state index is 11.8. The molecule has 1 aromatic carbocycles. The summed E-state index contributed by atoms with van der Waals surface area (Å²) in [6, 6.07) is 9.34. The number of rotatable bonds is 5. The fourth-order valence-corrected chi connectivity index (χ4v) is 2.31. The Balaban J connectivity index is 2.01. The number of aliphatic hydroxyl groups is 1. The van der Waals surface area contributed by atoms with Gasteiger partial charge in [0.25, 0.3) is 5.91 Å². The van der Waals surface area contributed by atoms with Crippen molar-refractivity contribution in [2.45, 2.75) is 0 Å².